The van der Waals surface area contributed by atoms with Crippen LogP contribution in [0.25, 0.3) is 6.08 Å². The van der Waals surface area contributed by atoms with Gasteiger partial charge in [0.2, 0.25) is 0 Å². The quantitative estimate of drug-likeness (QED) is 0.430. The fraction of sp³-hybridized carbons (Fsp3) is 0.200. The van der Waals surface area contributed by atoms with Gasteiger partial charge in [-0.25, -0.2) is 0 Å². The minimum atomic E-state index is -0.431. The van der Waals surface area contributed by atoms with Crippen molar-refractivity contribution in [2.45, 2.75) is 6.42 Å². The van der Waals surface area contributed by atoms with Crippen LogP contribution in [0.4, 0.5) is 0 Å². The summed E-state index contributed by atoms with van der Waals surface area (Å²) in [6, 6.07) is 9.78. The Morgan fingerprint density at radius 1 is 1.11 bits per heavy atom. The molecule has 3 heteroatoms. The van der Waals surface area contributed by atoms with Gasteiger partial charge in [0.1, 0.15) is 0 Å². The molecule has 1 saturated heterocycles. The molecule has 0 N–H and O–H groups in total. The summed E-state index contributed by atoms with van der Waals surface area (Å²) < 4.78 is 4.71. The SMILES string of the molecule is O=C1OC(=O)C2C(=Cc3ccccc3)CC=CC12. The van der Waals surface area contributed by atoms with E-state index >= 15 is 0 Å². The van der Waals surface area contributed by atoms with E-state index in [1.165, 1.54) is 0 Å². The third kappa shape index (κ3) is 1.78. The molecule has 3 rings (SSSR count). The van der Waals surface area contributed by atoms with Gasteiger partial charge in [-0.05, 0) is 12.0 Å². The van der Waals surface area contributed by atoms with Crippen LogP contribution in [0.5, 0.6) is 0 Å². The minimum Gasteiger partial charge on any atom is -0.392 e. The molecule has 90 valence electrons. The van der Waals surface area contributed by atoms with Gasteiger partial charge in [-0.15, -0.1) is 0 Å². The second-order valence-electron chi connectivity index (χ2n) is 4.51. The molecule has 0 saturated carbocycles. The van der Waals surface area contributed by atoms with Gasteiger partial charge in [0.15, 0.2) is 0 Å². The molecule has 18 heavy (non-hydrogen) atoms. The van der Waals surface area contributed by atoms with E-state index in [1.54, 1.807) is 6.08 Å². The maximum absolute atomic E-state index is 11.7. The number of esters is 2. The van der Waals surface area contributed by atoms with E-state index in [0.717, 1.165) is 11.1 Å². The van der Waals surface area contributed by atoms with Crippen molar-refractivity contribution in [1.29, 1.82) is 0 Å². The number of ether oxygens (including phenoxy) is 1. The van der Waals surface area contributed by atoms with E-state index in [1.807, 2.05) is 42.5 Å². The van der Waals surface area contributed by atoms with E-state index < -0.39 is 23.8 Å². The first-order valence-corrected chi connectivity index (χ1v) is 5.93. The molecule has 0 spiro atoms. The zero-order valence-corrected chi connectivity index (χ0v) is 9.71. The van der Waals surface area contributed by atoms with Crippen molar-refractivity contribution < 1.29 is 14.3 Å². The van der Waals surface area contributed by atoms with E-state index in [2.05, 4.69) is 0 Å². The summed E-state index contributed by atoms with van der Waals surface area (Å²) in [7, 11) is 0. The van der Waals surface area contributed by atoms with Crippen LogP contribution in [0, 0.1) is 11.8 Å². The number of allylic oxidation sites excluding steroid dienone is 1. The van der Waals surface area contributed by atoms with Crippen LogP contribution in [0.15, 0.2) is 48.1 Å². The number of fused-ring (bicyclic) bond motifs is 1. The van der Waals surface area contributed by atoms with Crippen molar-refractivity contribution in [2.24, 2.45) is 11.8 Å². The van der Waals surface area contributed by atoms with E-state index in [9.17, 15) is 9.59 Å². The van der Waals surface area contributed by atoms with Crippen molar-refractivity contribution in [3.8, 4) is 0 Å². The van der Waals surface area contributed by atoms with Crippen LogP contribution in [0.3, 0.4) is 0 Å². The van der Waals surface area contributed by atoms with Gasteiger partial charge >= 0.3 is 11.9 Å². The van der Waals surface area contributed by atoms with E-state index in [-0.39, 0.29) is 0 Å². The Hall–Kier alpha value is -2.16. The van der Waals surface area contributed by atoms with E-state index in [0.29, 0.717) is 6.42 Å². The highest BCUT2D eigenvalue weighted by Gasteiger charge is 2.45. The molecule has 1 heterocycles. The van der Waals surface area contributed by atoms with Gasteiger partial charge in [-0.2, -0.15) is 0 Å². The molecule has 1 aliphatic heterocycles. The summed E-state index contributed by atoms with van der Waals surface area (Å²) in [6.45, 7) is 0. The Labute approximate surface area is 105 Å². The van der Waals surface area contributed by atoms with Gasteiger partial charge in [0, 0.05) is 0 Å². The van der Waals surface area contributed by atoms with Crippen LogP contribution >= 0.6 is 0 Å². The van der Waals surface area contributed by atoms with Crippen LogP contribution in [-0.4, -0.2) is 11.9 Å². The third-order valence-corrected chi connectivity index (χ3v) is 3.33. The lowest BCUT2D eigenvalue weighted by atomic mass is 9.81. The van der Waals surface area contributed by atoms with Crippen LogP contribution in [-0.2, 0) is 14.3 Å². The second kappa shape index (κ2) is 4.26. The van der Waals surface area contributed by atoms with Gasteiger partial charge in [0.25, 0.3) is 0 Å². The normalized spacial score (nSPS) is 28.3. The Kier molecular flexibility index (Phi) is 2.59. The first kappa shape index (κ1) is 11.0. The Morgan fingerprint density at radius 2 is 1.89 bits per heavy atom. The fourth-order valence-corrected chi connectivity index (χ4v) is 2.47. The lowest BCUT2D eigenvalue weighted by Crippen LogP contribution is -2.20. The molecule has 0 radical (unpaired) electrons. The molecular weight excluding hydrogens is 228 g/mol. The molecule has 0 aromatic heterocycles. The van der Waals surface area contributed by atoms with Crippen molar-refractivity contribution in [1.82, 2.24) is 0 Å². The Bertz CT molecular complexity index is 554. The topological polar surface area (TPSA) is 43.4 Å². The predicted molar refractivity (Wildman–Crippen MR) is 66.3 cm³/mol. The molecule has 2 atom stereocenters. The number of hydrogen-bond acceptors (Lipinski definition) is 3. The Morgan fingerprint density at radius 3 is 2.67 bits per heavy atom. The molecule has 1 fully saturated rings. The molecule has 0 bridgehead atoms. The highest BCUT2D eigenvalue weighted by molar-refractivity contribution is 6.00. The van der Waals surface area contributed by atoms with Gasteiger partial charge in [0.05, 0.1) is 11.8 Å². The fourth-order valence-electron chi connectivity index (χ4n) is 2.47. The third-order valence-electron chi connectivity index (χ3n) is 3.33. The minimum absolute atomic E-state index is 0.420. The second-order valence-corrected chi connectivity index (χ2v) is 4.51. The average molecular weight is 240 g/mol. The summed E-state index contributed by atoms with van der Waals surface area (Å²) in [5.74, 6) is -1.71. The average Bonchev–Trinajstić information content (AvgIpc) is 2.67. The smallest absolute Gasteiger partial charge is 0.321 e. The molecule has 1 aliphatic carbocycles. The lowest BCUT2D eigenvalue weighted by molar-refractivity contribution is -0.153. The van der Waals surface area contributed by atoms with Crippen molar-refractivity contribution in [3.05, 3.63) is 53.6 Å². The molecule has 1 aromatic rings. The highest BCUT2D eigenvalue weighted by Crippen LogP contribution is 2.37. The van der Waals surface area contributed by atoms with Crippen molar-refractivity contribution >= 4 is 18.0 Å². The molecular formula is C15H12O3. The van der Waals surface area contributed by atoms with Gasteiger partial charge in [-0.1, -0.05) is 54.1 Å². The molecule has 3 nitrogen and oxygen atoms in total. The standard InChI is InChI=1S/C15H12O3/c16-14-12-8-4-7-11(13(12)15(17)18-14)9-10-5-2-1-3-6-10/h1-6,8-9,12-13H,7H2. The number of carbonyl (C=O) groups excluding carboxylic acids is 2. The summed E-state index contributed by atoms with van der Waals surface area (Å²) in [6.07, 6.45) is 6.37. The summed E-state index contributed by atoms with van der Waals surface area (Å²) in [5, 5.41) is 0. The molecule has 2 aliphatic rings. The van der Waals surface area contributed by atoms with Crippen molar-refractivity contribution in [2.75, 3.05) is 0 Å². The largest absolute Gasteiger partial charge is 0.392 e. The molecule has 0 amide bonds. The number of benzene rings is 1. The van der Waals surface area contributed by atoms with Gasteiger partial charge < -0.3 is 4.74 Å². The van der Waals surface area contributed by atoms with E-state index in [4.69, 9.17) is 4.74 Å². The maximum Gasteiger partial charge on any atom is 0.321 e. The lowest BCUT2D eigenvalue weighted by Gasteiger charge is -2.18. The zero-order chi connectivity index (χ0) is 12.5. The number of rotatable bonds is 1. The first-order chi connectivity index (χ1) is 8.75. The maximum atomic E-state index is 11.7. The molecule has 1 aromatic carbocycles. The zero-order valence-electron chi connectivity index (χ0n) is 9.71. The number of carbonyl (C=O) groups is 2. The first-order valence-electron chi connectivity index (χ1n) is 5.93. The monoisotopic (exact) mass is 240 g/mol. The summed E-state index contributed by atoms with van der Waals surface area (Å²) >= 11 is 0. The summed E-state index contributed by atoms with van der Waals surface area (Å²) in [4.78, 5) is 23.2. The number of hydrogen-bond donors (Lipinski definition) is 0. The Balaban J connectivity index is 1.98. The van der Waals surface area contributed by atoms with Gasteiger partial charge in [-0.3, -0.25) is 9.59 Å². The van der Waals surface area contributed by atoms with Crippen LogP contribution in [0.2, 0.25) is 0 Å². The van der Waals surface area contributed by atoms with Crippen molar-refractivity contribution in [3.63, 3.8) is 0 Å². The predicted octanol–water partition coefficient (Wildman–Crippen LogP) is 2.35. The van der Waals surface area contributed by atoms with Crippen LogP contribution < -0.4 is 0 Å². The van der Waals surface area contributed by atoms with Crippen LogP contribution in [0.1, 0.15) is 12.0 Å². The highest BCUT2D eigenvalue weighted by atomic mass is 16.6. The number of cyclic esters (lactones) is 2. The molecule has 2 unspecified atom stereocenters. The summed E-state index contributed by atoms with van der Waals surface area (Å²) in [5.41, 5.74) is 1.98.